The van der Waals surface area contributed by atoms with E-state index in [1.807, 2.05) is 60.7 Å². The Hall–Kier alpha value is -2.66. The Bertz CT molecular complexity index is 854. The predicted octanol–water partition coefficient (Wildman–Crippen LogP) is 2.22. The van der Waals surface area contributed by atoms with Crippen molar-refractivity contribution in [2.24, 2.45) is 5.41 Å². The lowest BCUT2D eigenvalue weighted by Gasteiger charge is -2.29. The van der Waals surface area contributed by atoms with E-state index in [2.05, 4.69) is 5.32 Å². The molecule has 2 aromatic carbocycles. The number of rotatable bonds is 2. The number of benzene rings is 2. The molecule has 5 heteroatoms. The van der Waals surface area contributed by atoms with Crippen molar-refractivity contribution in [3.63, 3.8) is 0 Å². The molecule has 2 aromatic rings. The van der Waals surface area contributed by atoms with E-state index >= 15 is 0 Å². The minimum Gasteiger partial charge on any atom is -0.354 e. The average molecular weight is 348 g/mol. The second kappa shape index (κ2) is 5.68. The molecule has 3 saturated heterocycles. The zero-order valence-corrected chi connectivity index (χ0v) is 14.3. The Morgan fingerprint density at radius 3 is 2.31 bits per heavy atom. The highest BCUT2D eigenvalue weighted by atomic mass is 16.5. The van der Waals surface area contributed by atoms with Crippen LogP contribution in [0.4, 0.5) is 0 Å². The Morgan fingerprint density at radius 2 is 1.62 bits per heavy atom. The number of nitrogens with one attached hydrogen (secondary N) is 1. The fourth-order valence-corrected chi connectivity index (χ4v) is 4.80. The lowest BCUT2D eigenvalue weighted by molar-refractivity contribution is -0.148. The predicted molar refractivity (Wildman–Crippen MR) is 95.0 cm³/mol. The Kier molecular flexibility index (Phi) is 3.40. The fourth-order valence-electron chi connectivity index (χ4n) is 4.80. The van der Waals surface area contributed by atoms with Gasteiger partial charge >= 0.3 is 0 Å². The zero-order valence-electron chi connectivity index (χ0n) is 14.3. The lowest BCUT2D eigenvalue weighted by Crippen LogP contribution is -2.43. The first-order valence-corrected chi connectivity index (χ1v) is 9.04. The van der Waals surface area contributed by atoms with E-state index in [9.17, 15) is 9.59 Å². The average Bonchev–Trinajstić information content (AvgIpc) is 3.33. The van der Waals surface area contributed by atoms with Crippen LogP contribution in [0.5, 0.6) is 0 Å². The third kappa shape index (κ3) is 2.01. The van der Waals surface area contributed by atoms with E-state index in [0.29, 0.717) is 19.6 Å². The molecule has 1 spiro atoms. The molecular formula is C21H20N2O3. The van der Waals surface area contributed by atoms with Crippen LogP contribution >= 0.6 is 0 Å². The van der Waals surface area contributed by atoms with E-state index in [1.165, 1.54) is 0 Å². The summed E-state index contributed by atoms with van der Waals surface area (Å²) < 4.78 is 5.93. The number of hydrogen-bond donors (Lipinski definition) is 1. The van der Waals surface area contributed by atoms with Gasteiger partial charge in [-0.25, -0.2) is 0 Å². The molecule has 3 aliphatic rings. The zero-order chi connectivity index (χ0) is 17.7. The van der Waals surface area contributed by atoms with Gasteiger partial charge in [-0.2, -0.15) is 0 Å². The summed E-state index contributed by atoms with van der Waals surface area (Å²) in [7, 11) is 0. The van der Waals surface area contributed by atoms with Crippen molar-refractivity contribution in [3.05, 3.63) is 71.8 Å². The van der Waals surface area contributed by atoms with Crippen LogP contribution < -0.4 is 5.32 Å². The second-order valence-electron chi connectivity index (χ2n) is 7.31. The molecule has 4 atom stereocenters. The first-order valence-electron chi connectivity index (χ1n) is 9.04. The highest BCUT2D eigenvalue weighted by Gasteiger charge is 2.66. The van der Waals surface area contributed by atoms with Gasteiger partial charge < -0.3 is 15.0 Å². The molecule has 2 amide bonds. The first kappa shape index (κ1) is 15.6. The van der Waals surface area contributed by atoms with E-state index in [-0.39, 0.29) is 23.8 Å². The van der Waals surface area contributed by atoms with E-state index in [0.717, 1.165) is 11.1 Å². The molecule has 0 bridgehead atoms. The van der Waals surface area contributed by atoms with Crippen molar-refractivity contribution >= 4 is 11.8 Å². The van der Waals surface area contributed by atoms with Crippen LogP contribution in [0, 0.1) is 5.41 Å². The molecule has 0 aliphatic carbocycles. The topological polar surface area (TPSA) is 58.6 Å². The Balaban J connectivity index is 1.55. The number of nitrogens with zero attached hydrogens (tertiary/aromatic N) is 1. The standard InChI is InChI=1S/C21H20N2O3/c24-19-21(17(12-22-19)14-7-3-1-4-8-14)11-16-13-26-18(23(16)20(21)25)15-9-5-2-6-10-15/h1-10,16-18H,11-13H2,(H,22,24)/t16?,17?,18-,21+/m0/s1. The molecule has 0 saturated carbocycles. The third-order valence-corrected chi connectivity index (χ3v) is 6.02. The second-order valence-corrected chi connectivity index (χ2v) is 7.31. The van der Waals surface area contributed by atoms with Gasteiger partial charge in [-0.1, -0.05) is 60.7 Å². The van der Waals surface area contributed by atoms with Gasteiger partial charge in [-0.15, -0.1) is 0 Å². The Morgan fingerprint density at radius 1 is 0.962 bits per heavy atom. The Labute approximate surface area is 152 Å². The van der Waals surface area contributed by atoms with Gasteiger partial charge in [0, 0.05) is 18.0 Å². The van der Waals surface area contributed by atoms with Gasteiger partial charge in [0.05, 0.1) is 12.6 Å². The summed E-state index contributed by atoms with van der Waals surface area (Å²) in [5.41, 5.74) is 0.982. The molecule has 0 radical (unpaired) electrons. The quantitative estimate of drug-likeness (QED) is 0.847. The van der Waals surface area contributed by atoms with Crippen molar-refractivity contribution in [1.29, 1.82) is 0 Å². The summed E-state index contributed by atoms with van der Waals surface area (Å²) in [6.07, 6.45) is 0.110. The van der Waals surface area contributed by atoms with Crippen molar-refractivity contribution in [3.8, 4) is 0 Å². The van der Waals surface area contributed by atoms with Crippen molar-refractivity contribution in [2.45, 2.75) is 24.6 Å². The number of amides is 2. The highest BCUT2D eigenvalue weighted by Crippen LogP contribution is 2.53. The fraction of sp³-hybridized carbons (Fsp3) is 0.333. The molecule has 1 N–H and O–H groups in total. The lowest BCUT2D eigenvalue weighted by atomic mass is 9.72. The summed E-state index contributed by atoms with van der Waals surface area (Å²) in [6, 6.07) is 19.6. The number of hydrogen-bond acceptors (Lipinski definition) is 3. The molecule has 26 heavy (non-hydrogen) atoms. The van der Waals surface area contributed by atoms with Gasteiger partial charge in [0.25, 0.3) is 0 Å². The van der Waals surface area contributed by atoms with E-state index in [4.69, 9.17) is 4.74 Å². The number of ether oxygens (including phenoxy) is 1. The summed E-state index contributed by atoms with van der Waals surface area (Å²) in [4.78, 5) is 28.2. The maximum absolute atomic E-state index is 13.6. The van der Waals surface area contributed by atoms with Gasteiger partial charge in [-0.05, 0) is 12.0 Å². The molecule has 2 unspecified atom stereocenters. The maximum Gasteiger partial charge on any atom is 0.241 e. The van der Waals surface area contributed by atoms with Crippen molar-refractivity contribution in [1.82, 2.24) is 10.2 Å². The van der Waals surface area contributed by atoms with Gasteiger partial charge in [0.2, 0.25) is 11.8 Å². The van der Waals surface area contributed by atoms with Crippen LogP contribution in [0.1, 0.15) is 29.7 Å². The van der Waals surface area contributed by atoms with Crippen LogP contribution in [0.3, 0.4) is 0 Å². The van der Waals surface area contributed by atoms with E-state index in [1.54, 1.807) is 4.90 Å². The van der Waals surface area contributed by atoms with Crippen LogP contribution in [-0.2, 0) is 14.3 Å². The first-order chi connectivity index (χ1) is 12.7. The van der Waals surface area contributed by atoms with Gasteiger partial charge in [-0.3, -0.25) is 9.59 Å². The minimum absolute atomic E-state index is 0.0530. The van der Waals surface area contributed by atoms with Crippen molar-refractivity contribution in [2.75, 3.05) is 13.2 Å². The van der Waals surface area contributed by atoms with Crippen LogP contribution in [0.25, 0.3) is 0 Å². The molecule has 3 heterocycles. The maximum atomic E-state index is 13.6. The summed E-state index contributed by atoms with van der Waals surface area (Å²) in [6.45, 7) is 0.980. The SMILES string of the molecule is O=C1NCC(c2ccccc2)[C@]12CC1CO[C@@H](c3ccccc3)N1C2=O. The van der Waals surface area contributed by atoms with Crippen LogP contribution in [0.15, 0.2) is 60.7 Å². The monoisotopic (exact) mass is 348 g/mol. The molecular weight excluding hydrogens is 328 g/mol. The van der Waals surface area contributed by atoms with Crippen molar-refractivity contribution < 1.29 is 14.3 Å². The minimum atomic E-state index is -1.01. The van der Waals surface area contributed by atoms with E-state index < -0.39 is 11.6 Å². The summed E-state index contributed by atoms with van der Waals surface area (Å²) in [5, 5.41) is 2.95. The smallest absolute Gasteiger partial charge is 0.241 e. The molecule has 5 rings (SSSR count). The molecule has 3 fully saturated rings. The van der Waals surface area contributed by atoms with Crippen LogP contribution in [-0.4, -0.2) is 35.9 Å². The van der Waals surface area contributed by atoms with Crippen LogP contribution in [0.2, 0.25) is 0 Å². The third-order valence-electron chi connectivity index (χ3n) is 6.02. The molecule has 5 nitrogen and oxygen atoms in total. The normalized spacial score (nSPS) is 32.9. The highest BCUT2D eigenvalue weighted by molar-refractivity contribution is 6.09. The largest absolute Gasteiger partial charge is 0.354 e. The van der Waals surface area contributed by atoms with Gasteiger partial charge in [0.1, 0.15) is 5.41 Å². The number of fused-ring (bicyclic) bond motifs is 1. The number of carbonyl (C=O) groups excluding carboxylic acids is 2. The summed E-state index contributed by atoms with van der Waals surface area (Å²) in [5.74, 6) is -0.374. The van der Waals surface area contributed by atoms with Gasteiger partial charge in [0.15, 0.2) is 6.23 Å². The number of carbonyl (C=O) groups is 2. The molecule has 132 valence electrons. The summed E-state index contributed by atoms with van der Waals surface area (Å²) >= 11 is 0. The molecule has 0 aromatic heterocycles. The molecule has 3 aliphatic heterocycles.